The van der Waals surface area contributed by atoms with Crippen LogP contribution >= 0.6 is 0 Å². The molecule has 1 N–H and O–H groups in total. The van der Waals surface area contributed by atoms with Crippen LogP contribution in [0, 0.1) is 5.92 Å². The van der Waals surface area contributed by atoms with Gasteiger partial charge in [0.1, 0.15) is 17.8 Å². The van der Waals surface area contributed by atoms with Gasteiger partial charge in [-0.2, -0.15) is 0 Å². The first kappa shape index (κ1) is 10.0. The Labute approximate surface area is 89.5 Å². The summed E-state index contributed by atoms with van der Waals surface area (Å²) in [5.74, 6) is -0.164. The van der Waals surface area contributed by atoms with E-state index >= 15 is 0 Å². The van der Waals surface area contributed by atoms with E-state index in [0.29, 0.717) is 5.92 Å². The average molecular weight is 214 g/mol. The highest BCUT2D eigenvalue weighted by Gasteiger charge is 2.71. The monoisotopic (exact) mass is 214 g/mol. The molecule has 0 bridgehead atoms. The zero-order valence-corrected chi connectivity index (χ0v) is 9.40. The molecular formula is C11H18O4. The standard InChI is InChI=1S/C11H18O4/c1-4-6-5-11(6)8(12)7-9(15-11)14-10(2,3)13-7/h6-9,12H,4-5H2,1-3H3/t6-,7-,8?,9-,11-/m0/s1. The summed E-state index contributed by atoms with van der Waals surface area (Å²) >= 11 is 0. The van der Waals surface area contributed by atoms with Gasteiger partial charge in [0.25, 0.3) is 0 Å². The summed E-state index contributed by atoms with van der Waals surface area (Å²) < 4.78 is 17.1. The third-order valence-corrected chi connectivity index (χ3v) is 3.82. The van der Waals surface area contributed by atoms with Gasteiger partial charge in [-0.05, 0) is 26.2 Å². The molecule has 1 spiro atoms. The van der Waals surface area contributed by atoms with Crippen LogP contribution in [0.5, 0.6) is 0 Å². The van der Waals surface area contributed by atoms with Gasteiger partial charge in [-0.1, -0.05) is 13.3 Å². The lowest BCUT2D eigenvalue weighted by atomic mass is 10.1. The van der Waals surface area contributed by atoms with Crippen LogP contribution in [-0.2, 0) is 14.2 Å². The second-order valence-corrected chi connectivity index (χ2v) is 5.30. The van der Waals surface area contributed by atoms with Gasteiger partial charge in [-0.15, -0.1) is 0 Å². The van der Waals surface area contributed by atoms with Crippen molar-refractivity contribution in [3.05, 3.63) is 0 Å². The second kappa shape index (κ2) is 2.74. The summed E-state index contributed by atoms with van der Waals surface area (Å²) in [6.45, 7) is 5.81. The number of ether oxygens (including phenoxy) is 3. The summed E-state index contributed by atoms with van der Waals surface area (Å²) in [5.41, 5.74) is -0.361. The molecule has 0 aromatic carbocycles. The van der Waals surface area contributed by atoms with Crippen LogP contribution in [0.4, 0.5) is 0 Å². The molecule has 1 saturated carbocycles. The van der Waals surface area contributed by atoms with E-state index in [1.165, 1.54) is 0 Å². The molecule has 4 nitrogen and oxygen atoms in total. The molecule has 3 fully saturated rings. The topological polar surface area (TPSA) is 47.9 Å². The minimum absolute atomic E-state index is 0.309. The zero-order chi connectivity index (χ0) is 10.8. The predicted octanol–water partition coefficient (Wildman–Crippen LogP) is 1.02. The van der Waals surface area contributed by atoms with E-state index in [4.69, 9.17) is 14.2 Å². The van der Waals surface area contributed by atoms with Crippen LogP contribution in [0.15, 0.2) is 0 Å². The predicted molar refractivity (Wildman–Crippen MR) is 52.0 cm³/mol. The fraction of sp³-hybridized carbons (Fsp3) is 1.00. The van der Waals surface area contributed by atoms with E-state index in [0.717, 1.165) is 12.8 Å². The van der Waals surface area contributed by atoms with Crippen molar-refractivity contribution in [2.75, 3.05) is 0 Å². The van der Waals surface area contributed by atoms with Crippen molar-refractivity contribution in [2.24, 2.45) is 5.92 Å². The number of rotatable bonds is 1. The van der Waals surface area contributed by atoms with Crippen LogP contribution in [0.2, 0.25) is 0 Å². The summed E-state index contributed by atoms with van der Waals surface area (Å²) in [7, 11) is 0. The quantitative estimate of drug-likeness (QED) is 0.708. The molecule has 0 radical (unpaired) electrons. The Bertz CT molecular complexity index is 290. The van der Waals surface area contributed by atoms with Gasteiger partial charge < -0.3 is 19.3 Å². The maximum atomic E-state index is 10.2. The molecule has 3 rings (SSSR count). The van der Waals surface area contributed by atoms with Crippen LogP contribution in [0.25, 0.3) is 0 Å². The highest BCUT2D eigenvalue weighted by Crippen LogP contribution is 2.59. The molecule has 0 aromatic rings. The third-order valence-electron chi connectivity index (χ3n) is 3.82. The van der Waals surface area contributed by atoms with Crippen molar-refractivity contribution in [3.63, 3.8) is 0 Å². The van der Waals surface area contributed by atoms with E-state index in [9.17, 15) is 5.11 Å². The summed E-state index contributed by atoms with van der Waals surface area (Å²) in [4.78, 5) is 0. The van der Waals surface area contributed by atoms with Crippen molar-refractivity contribution < 1.29 is 19.3 Å². The van der Waals surface area contributed by atoms with Gasteiger partial charge in [0.15, 0.2) is 12.1 Å². The Morgan fingerprint density at radius 1 is 1.27 bits per heavy atom. The summed E-state index contributed by atoms with van der Waals surface area (Å²) in [6, 6.07) is 0. The first-order valence-electron chi connectivity index (χ1n) is 5.70. The molecule has 2 aliphatic heterocycles. The van der Waals surface area contributed by atoms with Gasteiger partial charge in [0.05, 0.1) is 0 Å². The highest BCUT2D eigenvalue weighted by atomic mass is 16.8. The number of aliphatic hydroxyl groups is 1. The molecule has 1 aliphatic carbocycles. The lowest BCUT2D eigenvalue weighted by molar-refractivity contribution is -0.222. The Kier molecular flexibility index (Phi) is 1.83. The van der Waals surface area contributed by atoms with Gasteiger partial charge in [0, 0.05) is 0 Å². The van der Waals surface area contributed by atoms with E-state index in [-0.39, 0.29) is 18.0 Å². The number of hydrogen-bond acceptors (Lipinski definition) is 4. The van der Waals surface area contributed by atoms with Gasteiger partial charge in [-0.25, -0.2) is 0 Å². The molecule has 86 valence electrons. The van der Waals surface area contributed by atoms with Gasteiger partial charge >= 0.3 is 0 Å². The van der Waals surface area contributed by atoms with E-state index < -0.39 is 11.9 Å². The highest BCUT2D eigenvalue weighted by molar-refractivity contribution is 5.16. The van der Waals surface area contributed by atoms with Crippen molar-refractivity contribution in [3.8, 4) is 0 Å². The fourth-order valence-corrected chi connectivity index (χ4v) is 2.95. The maximum Gasteiger partial charge on any atom is 0.190 e. The Morgan fingerprint density at radius 3 is 2.53 bits per heavy atom. The normalized spacial score (nSPS) is 56.0. The molecule has 2 saturated heterocycles. The maximum absolute atomic E-state index is 10.2. The van der Waals surface area contributed by atoms with E-state index in [1.807, 2.05) is 13.8 Å². The number of hydrogen-bond donors (Lipinski definition) is 1. The van der Waals surface area contributed by atoms with Crippen molar-refractivity contribution in [2.45, 2.75) is 63.5 Å². The summed E-state index contributed by atoms with van der Waals surface area (Å²) in [5, 5.41) is 10.2. The van der Waals surface area contributed by atoms with Crippen LogP contribution in [0.3, 0.4) is 0 Å². The first-order chi connectivity index (χ1) is 6.98. The lowest BCUT2D eigenvalue weighted by Crippen LogP contribution is -2.36. The van der Waals surface area contributed by atoms with Crippen molar-refractivity contribution in [1.29, 1.82) is 0 Å². The van der Waals surface area contributed by atoms with E-state index in [2.05, 4.69) is 6.92 Å². The third kappa shape index (κ3) is 1.22. The SMILES string of the molecule is CC[C@H]1C[C@]12O[C@@H]1OC(C)(C)O[C@H]1C2O. The molecule has 1 unspecified atom stereocenters. The lowest BCUT2D eigenvalue weighted by Gasteiger charge is -2.23. The minimum Gasteiger partial charge on any atom is -0.387 e. The van der Waals surface area contributed by atoms with Crippen molar-refractivity contribution in [1.82, 2.24) is 0 Å². The number of fused-ring (bicyclic) bond motifs is 1. The van der Waals surface area contributed by atoms with E-state index in [1.54, 1.807) is 0 Å². The smallest absolute Gasteiger partial charge is 0.190 e. The molecule has 4 heteroatoms. The summed E-state index contributed by atoms with van der Waals surface area (Å²) in [6.07, 6.45) is 0.752. The van der Waals surface area contributed by atoms with Crippen LogP contribution in [-0.4, -0.2) is 35.0 Å². The Morgan fingerprint density at radius 2 is 2.00 bits per heavy atom. The molecule has 0 amide bonds. The molecule has 3 aliphatic rings. The molecule has 15 heavy (non-hydrogen) atoms. The van der Waals surface area contributed by atoms with Crippen molar-refractivity contribution >= 4 is 0 Å². The molecular weight excluding hydrogens is 196 g/mol. The largest absolute Gasteiger partial charge is 0.387 e. The first-order valence-corrected chi connectivity index (χ1v) is 5.70. The second-order valence-electron chi connectivity index (χ2n) is 5.30. The Balaban J connectivity index is 1.78. The Hall–Kier alpha value is -0.160. The molecule has 5 atom stereocenters. The van der Waals surface area contributed by atoms with Gasteiger partial charge in [-0.3, -0.25) is 0 Å². The fourth-order valence-electron chi connectivity index (χ4n) is 2.95. The zero-order valence-electron chi connectivity index (χ0n) is 9.40. The average Bonchev–Trinajstić information content (AvgIpc) is 2.71. The van der Waals surface area contributed by atoms with Gasteiger partial charge in [0.2, 0.25) is 0 Å². The molecule has 2 heterocycles. The number of aliphatic hydroxyl groups excluding tert-OH is 1. The van der Waals surface area contributed by atoms with Crippen LogP contribution < -0.4 is 0 Å². The molecule has 0 aromatic heterocycles. The van der Waals surface area contributed by atoms with Crippen LogP contribution in [0.1, 0.15) is 33.6 Å². The minimum atomic E-state index is -0.630.